The Morgan fingerprint density at radius 3 is 2.68 bits per heavy atom. The van der Waals surface area contributed by atoms with Gasteiger partial charge in [-0.25, -0.2) is 0 Å². The lowest BCUT2D eigenvalue weighted by atomic mass is 10.0. The molecule has 1 N–H and O–H groups in total. The van der Waals surface area contributed by atoms with Gasteiger partial charge in [0, 0.05) is 17.5 Å². The standard InChI is InChI=1S/C12H12ClNO5/c13-9-5-8(1-2-10(9)14(17)18)19-7-12(3-4-12)6-11(15)16/h1-2,5H,3-4,6-7H2,(H,15,16). The van der Waals surface area contributed by atoms with Gasteiger partial charge >= 0.3 is 5.97 Å². The molecule has 0 radical (unpaired) electrons. The van der Waals surface area contributed by atoms with E-state index in [-0.39, 0.29) is 29.2 Å². The summed E-state index contributed by atoms with van der Waals surface area (Å²) in [4.78, 5) is 20.7. The van der Waals surface area contributed by atoms with Crippen LogP contribution in [-0.4, -0.2) is 22.6 Å². The Balaban J connectivity index is 1.99. The Morgan fingerprint density at radius 1 is 1.53 bits per heavy atom. The lowest BCUT2D eigenvalue weighted by Gasteiger charge is -2.14. The van der Waals surface area contributed by atoms with Crippen molar-refractivity contribution >= 4 is 23.3 Å². The van der Waals surface area contributed by atoms with Gasteiger partial charge in [-0.2, -0.15) is 0 Å². The SMILES string of the molecule is O=C(O)CC1(COc2ccc([N+](=O)[O-])c(Cl)c2)CC1. The van der Waals surface area contributed by atoms with Gasteiger partial charge in [-0.1, -0.05) is 11.6 Å². The number of nitro groups is 1. The second-order valence-electron chi connectivity index (χ2n) is 4.73. The fourth-order valence-electron chi connectivity index (χ4n) is 1.83. The van der Waals surface area contributed by atoms with E-state index in [0.717, 1.165) is 12.8 Å². The van der Waals surface area contributed by atoms with Crippen molar-refractivity contribution in [1.82, 2.24) is 0 Å². The molecule has 0 amide bonds. The molecule has 0 heterocycles. The van der Waals surface area contributed by atoms with Crippen molar-refractivity contribution in [3.63, 3.8) is 0 Å². The second-order valence-corrected chi connectivity index (χ2v) is 5.14. The van der Waals surface area contributed by atoms with Crippen molar-refractivity contribution in [3.05, 3.63) is 33.3 Å². The Morgan fingerprint density at radius 2 is 2.21 bits per heavy atom. The summed E-state index contributed by atoms with van der Waals surface area (Å²) in [5, 5.41) is 19.4. The van der Waals surface area contributed by atoms with E-state index < -0.39 is 10.9 Å². The van der Waals surface area contributed by atoms with Crippen LogP contribution in [0.2, 0.25) is 5.02 Å². The molecule has 1 aromatic carbocycles. The van der Waals surface area contributed by atoms with Gasteiger partial charge in [0.25, 0.3) is 5.69 Å². The molecule has 6 nitrogen and oxygen atoms in total. The van der Waals surface area contributed by atoms with Crippen molar-refractivity contribution in [2.24, 2.45) is 5.41 Å². The van der Waals surface area contributed by atoms with Crippen LogP contribution in [0.4, 0.5) is 5.69 Å². The number of rotatable bonds is 6. The Kier molecular flexibility index (Phi) is 3.61. The van der Waals surface area contributed by atoms with Gasteiger partial charge in [0.15, 0.2) is 0 Å². The van der Waals surface area contributed by atoms with Crippen LogP contribution in [0.5, 0.6) is 5.75 Å². The smallest absolute Gasteiger partial charge is 0.304 e. The first-order valence-electron chi connectivity index (χ1n) is 5.70. The summed E-state index contributed by atoms with van der Waals surface area (Å²) in [6, 6.07) is 4.10. The zero-order valence-electron chi connectivity index (χ0n) is 9.97. The summed E-state index contributed by atoms with van der Waals surface area (Å²) in [5.74, 6) is -0.435. The van der Waals surface area contributed by atoms with Crippen LogP contribution >= 0.6 is 11.6 Å². The van der Waals surface area contributed by atoms with Crippen molar-refractivity contribution in [2.45, 2.75) is 19.3 Å². The Hall–Kier alpha value is -1.82. The summed E-state index contributed by atoms with van der Waals surface area (Å²) < 4.78 is 5.48. The Labute approximate surface area is 114 Å². The van der Waals surface area contributed by atoms with Gasteiger partial charge in [-0.05, 0) is 18.9 Å². The van der Waals surface area contributed by atoms with Crippen LogP contribution in [-0.2, 0) is 4.79 Å². The highest BCUT2D eigenvalue weighted by atomic mass is 35.5. The van der Waals surface area contributed by atoms with Crippen molar-refractivity contribution in [2.75, 3.05) is 6.61 Å². The van der Waals surface area contributed by atoms with E-state index in [2.05, 4.69) is 0 Å². The zero-order valence-corrected chi connectivity index (χ0v) is 10.7. The minimum Gasteiger partial charge on any atom is -0.493 e. The molecule has 0 aromatic heterocycles. The third-order valence-electron chi connectivity index (χ3n) is 3.14. The lowest BCUT2D eigenvalue weighted by molar-refractivity contribution is -0.384. The first-order chi connectivity index (χ1) is 8.92. The summed E-state index contributed by atoms with van der Waals surface area (Å²) in [7, 11) is 0. The Bertz CT molecular complexity index is 527. The lowest BCUT2D eigenvalue weighted by Crippen LogP contribution is -2.17. The summed E-state index contributed by atoms with van der Waals surface area (Å²) >= 11 is 5.76. The molecule has 1 fully saturated rings. The average Bonchev–Trinajstić information content (AvgIpc) is 3.05. The van der Waals surface area contributed by atoms with E-state index in [9.17, 15) is 14.9 Å². The molecule has 0 atom stereocenters. The third-order valence-corrected chi connectivity index (χ3v) is 3.45. The number of carbonyl (C=O) groups is 1. The summed E-state index contributed by atoms with van der Waals surface area (Å²) in [5.41, 5.74) is -0.472. The molecular weight excluding hydrogens is 274 g/mol. The highest BCUT2D eigenvalue weighted by Gasteiger charge is 2.45. The largest absolute Gasteiger partial charge is 0.493 e. The number of carboxylic acid groups (broad SMARTS) is 1. The minimum absolute atomic E-state index is 0.00517. The highest BCUT2D eigenvalue weighted by Crippen LogP contribution is 2.49. The number of ether oxygens (including phenoxy) is 1. The molecule has 0 saturated heterocycles. The fourth-order valence-corrected chi connectivity index (χ4v) is 2.07. The molecular formula is C12H12ClNO5. The van der Waals surface area contributed by atoms with Gasteiger partial charge in [-0.15, -0.1) is 0 Å². The number of hydrogen-bond donors (Lipinski definition) is 1. The normalized spacial score (nSPS) is 15.8. The van der Waals surface area contributed by atoms with Crippen LogP contribution in [0.1, 0.15) is 19.3 Å². The van der Waals surface area contributed by atoms with Crippen molar-refractivity contribution < 1.29 is 19.6 Å². The van der Waals surface area contributed by atoms with Crippen LogP contribution in [0, 0.1) is 15.5 Å². The number of nitro benzene ring substituents is 1. The van der Waals surface area contributed by atoms with Crippen LogP contribution in [0.25, 0.3) is 0 Å². The molecule has 1 aliphatic rings. The average molecular weight is 286 g/mol. The van der Waals surface area contributed by atoms with E-state index >= 15 is 0 Å². The predicted molar refractivity (Wildman–Crippen MR) is 67.5 cm³/mol. The maximum Gasteiger partial charge on any atom is 0.304 e. The van der Waals surface area contributed by atoms with Gasteiger partial charge in [0.05, 0.1) is 18.0 Å². The molecule has 1 aliphatic carbocycles. The monoisotopic (exact) mass is 285 g/mol. The molecule has 19 heavy (non-hydrogen) atoms. The first kappa shape index (κ1) is 13.6. The van der Waals surface area contributed by atoms with Crippen LogP contribution in [0.15, 0.2) is 18.2 Å². The number of hydrogen-bond acceptors (Lipinski definition) is 4. The molecule has 0 bridgehead atoms. The van der Waals surface area contributed by atoms with Gasteiger partial charge in [0.2, 0.25) is 0 Å². The number of aliphatic carboxylic acids is 1. The topological polar surface area (TPSA) is 89.7 Å². The van der Waals surface area contributed by atoms with E-state index in [0.29, 0.717) is 5.75 Å². The maximum atomic E-state index is 10.7. The quantitative estimate of drug-likeness (QED) is 0.641. The van der Waals surface area contributed by atoms with Gasteiger partial charge < -0.3 is 9.84 Å². The van der Waals surface area contributed by atoms with E-state index in [1.54, 1.807) is 0 Å². The molecule has 0 spiro atoms. The van der Waals surface area contributed by atoms with Gasteiger partial charge in [-0.3, -0.25) is 14.9 Å². The van der Waals surface area contributed by atoms with E-state index in [4.69, 9.17) is 21.4 Å². The van der Waals surface area contributed by atoms with E-state index in [1.807, 2.05) is 0 Å². The zero-order chi connectivity index (χ0) is 14.0. The molecule has 7 heteroatoms. The summed E-state index contributed by atoms with van der Waals surface area (Å²) in [6.07, 6.45) is 1.72. The highest BCUT2D eigenvalue weighted by molar-refractivity contribution is 6.32. The van der Waals surface area contributed by atoms with Gasteiger partial charge in [0.1, 0.15) is 10.8 Å². The number of nitrogens with zero attached hydrogens (tertiary/aromatic N) is 1. The fraction of sp³-hybridized carbons (Fsp3) is 0.417. The predicted octanol–water partition coefficient (Wildman–Crippen LogP) is 2.88. The van der Waals surface area contributed by atoms with E-state index in [1.165, 1.54) is 18.2 Å². The minimum atomic E-state index is -0.845. The summed E-state index contributed by atoms with van der Waals surface area (Å²) in [6.45, 7) is 0.285. The first-order valence-corrected chi connectivity index (χ1v) is 6.08. The number of carboxylic acids is 1. The number of benzene rings is 1. The molecule has 0 unspecified atom stereocenters. The molecule has 1 saturated carbocycles. The molecule has 102 valence electrons. The molecule has 1 aromatic rings. The van der Waals surface area contributed by atoms with Crippen LogP contribution in [0.3, 0.4) is 0 Å². The van der Waals surface area contributed by atoms with Crippen molar-refractivity contribution in [1.29, 1.82) is 0 Å². The number of halogens is 1. The molecule has 0 aliphatic heterocycles. The maximum absolute atomic E-state index is 10.7. The molecule has 2 rings (SSSR count). The van der Waals surface area contributed by atoms with Crippen molar-refractivity contribution in [3.8, 4) is 5.75 Å². The van der Waals surface area contributed by atoms with Crippen LogP contribution < -0.4 is 4.74 Å². The second kappa shape index (κ2) is 5.05. The third kappa shape index (κ3) is 3.35.